The molecule has 5 nitrogen and oxygen atoms in total. The summed E-state index contributed by atoms with van der Waals surface area (Å²) >= 11 is 0. The van der Waals surface area contributed by atoms with Crippen molar-refractivity contribution in [2.24, 2.45) is 7.05 Å². The number of carboxylic acids is 1. The van der Waals surface area contributed by atoms with Crippen molar-refractivity contribution in [2.75, 3.05) is 5.73 Å². The van der Waals surface area contributed by atoms with Crippen molar-refractivity contribution in [1.82, 2.24) is 9.78 Å². The van der Waals surface area contributed by atoms with Crippen molar-refractivity contribution in [3.8, 4) is 11.1 Å². The summed E-state index contributed by atoms with van der Waals surface area (Å²) < 4.78 is 1.57. The third-order valence-corrected chi connectivity index (χ3v) is 3.30. The zero-order valence-electron chi connectivity index (χ0n) is 10.9. The van der Waals surface area contributed by atoms with Crippen molar-refractivity contribution < 1.29 is 9.90 Å². The number of hydrogen-bond donors (Lipinski definition) is 2. The molecular weight excluding hydrogens is 254 g/mol. The number of nitrogens with two attached hydrogens (primary N) is 1. The Bertz CT molecular complexity index is 804. The standard InChI is InChI=1S/C15H13N3O2/c1-18-13-7-4-10(9-2-5-11(16)6-3-9)8-12(13)14(17-18)15(19)20/h2-8H,16H2,1H3,(H,19,20). The molecule has 100 valence electrons. The van der Waals surface area contributed by atoms with Gasteiger partial charge in [-0.1, -0.05) is 18.2 Å². The summed E-state index contributed by atoms with van der Waals surface area (Å²) in [6.07, 6.45) is 0. The van der Waals surface area contributed by atoms with E-state index in [9.17, 15) is 9.90 Å². The first-order chi connectivity index (χ1) is 9.56. The number of hydrogen-bond acceptors (Lipinski definition) is 3. The van der Waals surface area contributed by atoms with Gasteiger partial charge in [-0.05, 0) is 35.4 Å². The molecule has 5 heteroatoms. The predicted molar refractivity (Wildman–Crippen MR) is 77.5 cm³/mol. The van der Waals surface area contributed by atoms with Crippen LogP contribution in [0, 0.1) is 0 Å². The summed E-state index contributed by atoms with van der Waals surface area (Å²) in [5.74, 6) is -1.02. The monoisotopic (exact) mass is 267 g/mol. The van der Waals surface area contributed by atoms with E-state index in [2.05, 4.69) is 5.10 Å². The third-order valence-electron chi connectivity index (χ3n) is 3.30. The number of carboxylic acid groups (broad SMARTS) is 1. The van der Waals surface area contributed by atoms with Crippen LogP contribution in [-0.4, -0.2) is 20.9 Å². The summed E-state index contributed by atoms with van der Waals surface area (Å²) in [5.41, 5.74) is 9.16. The Morgan fingerprint density at radius 2 is 1.80 bits per heavy atom. The number of rotatable bonds is 2. The molecule has 0 unspecified atom stereocenters. The molecule has 0 bridgehead atoms. The molecule has 2 aromatic carbocycles. The molecule has 0 spiro atoms. The van der Waals surface area contributed by atoms with E-state index >= 15 is 0 Å². The second-order valence-corrected chi connectivity index (χ2v) is 4.63. The topological polar surface area (TPSA) is 81.1 Å². The number of aryl methyl sites for hydroxylation is 1. The molecule has 0 saturated heterocycles. The van der Waals surface area contributed by atoms with E-state index in [0.29, 0.717) is 11.1 Å². The van der Waals surface area contributed by atoms with E-state index < -0.39 is 5.97 Å². The lowest BCUT2D eigenvalue weighted by Gasteiger charge is -2.03. The summed E-state index contributed by atoms with van der Waals surface area (Å²) in [5, 5.41) is 13.9. The van der Waals surface area contributed by atoms with Crippen LogP contribution in [-0.2, 0) is 7.05 Å². The Balaban J connectivity index is 2.21. The van der Waals surface area contributed by atoms with Gasteiger partial charge in [-0.15, -0.1) is 0 Å². The van der Waals surface area contributed by atoms with E-state index in [1.165, 1.54) is 0 Å². The summed E-state index contributed by atoms with van der Waals surface area (Å²) in [6.45, 7) is 0. The summed E-state index contributed by atoms with van der Waals surface area (Å²) in [7, 11) is 1.73. The van der Waals surface area contributed by atoms with E-state index in [-0.39, 0.29) is 5.69 Å². The second-order valence-electron chi connectivity index (χ2n) is 4.63. The van der Waals surface area contributed by atoms with Crippen LogP contribution in [0.4, 0.5) is 5.69 Å². The molecule has 0 saturated carbocycles. The van der Waals surface area contributed by atoms with Crippen molar-refractivity contribution >= 4 is 22.6 Å². The molecule has 0 atom stereocenters. The number of fused-ring (bicyclic) bond motifs is 1. The first-order valence-electron chi connectivity index (χ1n) is 6.12. The number of nitrogen functional groups attached to an aromatic ring is 1. The average Bonchev–Trinajstić information content (AvgIpc) is 2.77. The Morgan fingerprint density at radius 3 is 2.45 bits per heavy atom. The van der Waals surface area contributed by atoms with Gasteiger partial charge in [0.1, 0.15) is 0 Å². The van der Waals surface area contributed by atoms with Crippen LogP contribution >= 0.6 is 0 Å². The lowest BCUT2D eigenvalue weighted by atomic mass is 10.0. The minimum atomic E-state index is -1.02. The van der Waals surface area contributed by atoms with Crippen LogP contribution in [0.3, 0.4) is 0 Å². The molecule has 0 aliphatic carbocycles. The van der Waals surface area contributed by atoms with Gasteiger partial charge in [0.15, 0.2) is 5.69 Å². The molecule has 3 rings (SSSR count). The maximum atomic E-state index is 11.2. The Kier molecular flexibility index (Phi) is 2.68. The SMILES string of the molecule is Cn1nc(C(=O)O)c2cc(-c3ccc(N)cc3)ccc21. The highest BCUT2D eigenvalue weighted by molar-refractivity contribution is 6.02. The molecular formula is C15H13N3O2. The van der Waals surface area contributed by atoms with Crippen LogP contribution < -0.4 is 5.73 Å². The van der Waals surface area contributed by atoms with Gasteiger partial charge in [-0.2, -0.15) is 5.10 Å². The minimum Gasteiger partial charge on any atom is -0.476 e. The first-order valence-corrected chi connectivity index (χ1v) is 6.12. The van der Waals surface area contributed by atoms with E-state index in [1.807, 2.05) is 42.5 Å². The average molecular weight is 267 g/mol. The zero-order valence-corrected chi connectivity index (χ0v) is 10.9. The normalized spacial score (nSPS) is 10.8. The number of aromatic carboxylic acids is 1. The number of carbonyl (C=O) groups is 1. The van der Waals surface area contributed by atoms with Gasteiger partial charge in [0, 0.05) is 18.1 Å². The van der Waals surface area contributed by atoms with Gasteiger partial charge in [-0.25, -0.2) is 4.79 Å². The van der Waals surface area contributed by atoms with Gasteiger partial charge in [0.2, 0.25) is 0 Å². The van der Waals surface area contributed by atoms with E-state index in [0.717, 1.165) is 16.6 Å². The molecule has 1 aromatic heterocycles. The smallest absolute Gasteiger partial charge is 0.357 e. The number of anilines is 1. The van der Waals surface area contributed by atoms with Crippen LogP contribution in [0.1, 0.15) is 10.5 Å². The van der Waals surface area contributed by atoms with Crippen LogP contribution in [0.25, 0.3) is 22.0 Å². The van der Waals surface area contributed by atoms with E-state index in [1.54, 1.807) is 11.7 Å². The van der Waals surface area contributed by atoms with Gasteiger partial charge in [0.25, 0.3) is 0 Å². The van der Waals surface area contributed by atoms with Gasteiger partial charge < -0.3 is 10.8 Å². The number of aromatic nitrogens is 2. The van der Waals surface area contributed by atoms with Gasteiger partial charge >= 0.3 is 5.97 Å². The Hall–Kier alpha value is -2.82. The molecule has 3 N–H and O–H groups in total. The molecule has 0 aliphatic heterocycles. The highest BCUT2D eigenvalue weighted by Gasteiger charge is 2.15. The van der Waals surface area contributed by atoms with Crippen molar-refractivity contribution in [1.29, 1.82) is 0 Å². The quantitative estimate of drug-likeness (QED) is 0.699. The minimum absolute atomic E-state index is 0.0693. The van der Waals surface area contributed by atoms with Crippen LogP contribution in [0.2, 0.25) is 0 Å². The zero-order chi connectivity index (χ0) is 14.3. The lowest BCUT2D eigenvalue weighted by Crippen LogP contribution is -1.99. The first kappa shape index (κ1) is 12.2. The molecule has 20 heavy (non-hydrogen) atoms. The largest absolute Gasteiger partial charge is 0.476 e. The number of benzene rings is 2. The van der Waals surface area contributed by atoms with Crippen LogP contribution in [0.5, 0.6) is 0 Å². The maximum Gasteiger partial charge on any atom is 0.357 e. The molecule has 0 fully saturated rings. The molecule has 3 aromatic rings. The van der Waals surface area contributed by atoms with Gasteiger partial charge in [0.05, 0.1) is 5.52 Å². The van der Waals surface area contributed by atoms with Crippen LogP contribution in [0.15, 0.2) is 42.5 Å². The second kappa shape index (κ2) is 4.38. The number of nitrogens with zero attached hydrogens (tertiary/aromatic N) is 2. The molecule has 0 amide bonds. The highest BCUT2D eigenvalue weighted by Crippen LogP contribution is 2.26. The Labute approximate surface area is 115 Å². The fourth-order valence-corrected chi connectivity index (χ4v) is 2.28. The fourth-order valence-electron chi connectivity index (χ4n) is 2.28. The van der Waals surface area contributed by atoms with Crippen molar-refractivity contribution in [2.45, 2.75) is 0 Å². The summed E-state index contributed by atoms with van der Waals surface area (Å²) in [4.78, 5) is 11.2. The predicted octanol–water partition coefficient (Wildman–Crippen LogP) is 2.52. The lowest BCUT2D eigenvalue weighted by molar-refractivity contribution is 0.0691. The maximum absolute atomic E-state index is 11.2. The van der Waals surface area contributed by atoms with Crippen molar-refractivity contribution in [3.63, 3.8) is 0 Å². The third kappa shape index (κ3) is 1.89. The highest BCUT2D eigenvalue weighted by atomic mass is 16.4. The fraction of sp³-hybridized carbons (Fsp3) is 0.0667. The Morgan fingerprint density at radius 1 is 1.15 bits per heavy atom. The molecule has 0 radical (unpaired) electrons. The van der Waals surface area contributed by atoms with E-state index in [4.69, 9.17) is 5.73 Å². The summed E-state index contributed by atoms with van der Waals surface area (Å²) in [6, 6.07) is 13.1. The molecule has 0 aliphatic rings. The van der Waals surface area contributed by atoms with Crippen molar-refractivity contribution in [3.05, 3.63) is 48.2 Å². The molecule has 1 heterocycles. The van der Waals surface area contributed by atoms with Gasteiger partial charge in [-0.3, -0.25) is 4.68 Å².